The van der Waals surface area contributed by atoms with Gasteiger partial charge in [-0.3, -0.25) is 14.6 Å². The number of pyridine rings is 1. The summed E-state index contributed by atoms with van der Waals surface area (Å²) in [6.45, 7) is 1.94. The summed E-state index contributed by atoms with van der Waals surface area (Å²) in [7, 11) is 1.54. The third-order valence-electron chi connectivity index (χ3n) is 6.50. The van der Waals surface area contributed by atoms with E-state index in [-0.39, 0.29) is 12.4 Å². The molecular formula is C28H25NO6. The molecule has 0 atom stereocenters. The molecule has 0 radical (unpaired) electrons. The molecule has 1 fully saturated rings. The molecule has 0 aliphatic heterocycles. The topological polar surface area (TPSA) is 95.0 Å². The molecule has 0 unspecified atom stereocenters. The number of ether oxygens (including phenoxy) is 3. The van der Waals surface area contributed by atoms with Gasteiger partial charge in [0.15, 0.2) is 17.3 Å². The van der Waals surface area contributed by atoms with Crippen molar-refractivity contribution >= 4 is 33.4 Å². The fraction of sp³-hybridized carbons (Fsp3) is 0.250. The Morgan fingerprint density at radius 3 is 2.54 bits per heavy atom. The van der Waals surface area contributed by atoms with Crippen LogP contribution in [-0.4, -0.2) is 35.6 Å². The Kier molecular flexibility index (Phi) is 5.76. The molecule has 0 spiro atoms. The van der Waals surface area contributed by atoms with Gasteiger partial charge in [-0.15, -0.1) is 0 Å². The van der Waals surface area contributed by atoms with E-state index in [2.05, 4.69) is 4.98 Å². The summed E-state index contributed by atoms with van der Waals surface area (Å²) in [5.41, 5.74) is 0.532. The molecule has 35 heavy (non-hydrogen) atoms. The number of carbonyl (C=O) groups excluding carboxylic acids is 1. The van der Waals surface area contributed by atoms with Crippen LogP contribution in [0.25, 0.3) is 21.7 Å². The number of Topliss-reactive ketones (excluding diaryl/α,β-unsaturated/α-hetero) is 1. The fourth-order valence-electron chi connectivity index (χ4n) is 4.16. The number of carboxylic acid groups (broad SMARTS) is 1. The van der Waals surface area contributed by atoms with Crippen LogP contribution < -0.4 is 14.2 Å². The van der Waals surface area contributed by atoms with Crippen LogP contribution in [0.3, 0.4) is 0 Å². The summed E-state index contributed by atoms with van der Waals surface area (Å²) >= 11 is 0. The van der Waals surface area contributed by atoms with E-state index in [1.807, 2.05) is 43.3 Å². The van der Waals surface area contributed by atoms with Crippen molar-refractivity contribution in [3.8, 4) is 23.0 Å². The van der Waals surface area contributed by atoms with Gasteiger partial charge in [0.05, 0.1) is 12.6 Å². The van der Waals surface area contributed by atoms with Crippen LogP contribution >= 0.6 is 0 Å². The van der Waals surface area contributed by atoms with Gasteiger partial charge >= 0.3 is 5.97 Å². The van der Waals surface area contributed by atoms with E-state index in [0.29, 0.717) is 53.3 Å². The molecule has 1 heterocycles. The average molecular weight is 472 g/mol. The molecule has 1 aliphatic rings. The van der Waals surface area contributed by atoms with Crippen LogP contribution in [0.15, 0.2) is 60.8 Å². The molecule has 1 N–H and O–H groups in total. The van der Waals surface area contributed by atoms with Crippen molar-refractivity contribution in [3.05, 3.63) is 66.4 Å². The van der Waals surface area contributed by atoms with Gasteiger partial charge in [-0.2, -0.15) is 0 Å². The van der Waals surface area contributed by atoms with Crippen LogP contribution in [0.5, 0.6) is 23.0 Å². The number of aliphatic carboxylic acids is 1. The van der Waals surface area contributed by atoms with Crippen LogP contribution in [-0.2, 0) is 4.79 Å². The minimum Gasteiger partial charge on any atom is -0.493 e. The Hall–Kier alpha value is -4.13. The summed E-state index contributed by atoms with van der Waals surface area (Å²) in [4.78, 5) is 28.2. The van der Waals surface area contributed by atoms with E-state index in [1.165, 1.54) is 7.11 Å². The number of carboxylic acids is 1. The normalized spacial score (nSPS) is 14.0. The van der Waals surface area contributed by atoms with Gasteiger partial charge in [0.25, 0.3) is 0 Å². The Labute approximate surface area is 202 Å². The highest BCUT2D eigenvalue weighted by Crippen LogP contribution is 2.47. The van der Waals surface area contributed by atoms with Gasteiger partial charge in [0.2, 0.25) is 0 Å². The van der Waals surface area contributed by atoms with E-state index in [1.54, 1.807) is 24.4 Å². The summed E-state index contributed by atoms with van der Waals surface area (Å²) in [6.07, 6.45) is 3.31. The standard InChI is InChI=1S/C28H25NO6/c1-3-23(30)20-6-4-5-17-13-18(7-8-19(17)20)35-24-9-12-29-22-15-26(25(33-2)14-21(22)24)34-16-28(10-11-28)27(31)32/h4-9,12-15H,3,10-11,16H2,1-2H3,(H,31,32). The molecule has 7 nitrogen and oxygen atoms in total. The molecule has 7 heteroatoms. The van der Waals surface area contributed by atoms with Crippen LogP contribution in [0.1, 0.15) is 36.5 Å². The van der Waals surface area contributed by atoms with Crippen LogP contribution in [0.2, 0.25) is 0 Å². The maximum atomic E-state index is 12.3. The minimum absolute atomic E-state index is 0.0833. The molecule has 3 aromatic carbocycles. The molecule has 0 saturated heterocycles. The van der Waals surface area contributed by atoms with Crippen molar-refractivity contribution in [1.82, 2.24) is 4.98 Å². The molecule has 0 bridgehead atoms. The zero-order valence-electron chi connectivity index (χ0n) is 19.5. The number of fused-ring (bicyclic) bond motifs is 2. The van der Waals surface area contributed by atoms with Crippen LogP contribution in [0.4, 0.5) is 0 Å². The Morgan fingerprint density at radius 1 is 1.00 bits per heavy atom. The Balaban J connectivity index is 1.46. The Morgan fingerprint density at radius 2 is 1.83 bits per heavy atom. The summed E-state index contributed by atoms with van der Waals surface area (Å²) in [5.74, 6) is 1.39. The highest BCUT2D eigenvalue weighted by molar-refractivity contribution is 6.08. The molecule has 4 aromatic rings. The number of carbonyl (C=O) groups is 2. The maximum absolute atomic E-state index is 12.3. The Bertz CT molecular complexity index is 1460. The number of benzene rings is 3. The zero-order chi connectivity index (χ0) is 24.6. The average Bonchev–Trinajstić information content (AvgIpc) is 3.67. The van der Waals surface area contributed by atoms with Crippen molar-refractivity contribution < 1.29 is 28.9 Å². The third kappa shape index (κ3) is 4.25. The number of nitrogens with zero attached hydrogens (tertiary/aromatic N) is 1. The molecule has 5 rings (SSSR count). The van der Waals surface area contributed by atoms with Crippen molar-refractivity contribution in [3.63, 3.8) is 0 Å². The first-order chi connectivity index (χ1) is 16.9. The predicted molar refractivity (Wildman–Crippen MR) is 132 cm³/mol. The lowest BCUT2D eigenvalue weighted by atomic mass is 10.00. The van der Waals surface area contributed by atoms with E-state index < -0.39 is 11.4 Å². The van der Waals surface area contributed by atoms with Gasteiger partial charge in [-0.25, -0.2) is 0 Å². The number of aromatic nitrogens is 1. The van der Waals surface area contributed by atoms with E-state index >= 15 is 0 Å². The second-order valence-corrected chi connectivity index (χ2v) is 8.77. The number of methoxy groups -OCH3 is 1. The monoisotopic (exact) mass is 471 g/mol. The summed E-state index contributed by atoms with van der Waals surface area (Å²) in [5, 5.41) is 12.0. The maximum Gasteiger partial charge on any atom is 0.313 e. The lowest BCUT2D eigenvalue weighted by molar-refractivity contribution is -0.144. The van der Waals surface area contributed by atoms with E-state index in [0.717, 1.165) is 16.2 Å². The lowest BCUT2D eigenvalue weighted by Crippen LogP contribution is -2.23. The van der Waals surface area contributed by atoms with Gasteiger partial charge < -0.3 is 19.3 Å². The largest absolute Gasteiger partial charge is 0.493 e. The second-order valence-electron chi connectivity index (χ2n) is 8.77. The molecule has 0 amide bonds. The number of hydrogen-bond donors (Lipinski definition) is 1. The SMILES string of the molecule is CCC(=O)c1cccc2cc(Oc3ccnc4cc(OCC5(C(=O)O)CC5)c(OC)cc34)ccc12. The second kappa shape index (κ2) is 8.91. The first kappa shape index (κ1) is 22.7. The zero-order valence-corrected chi connectivity index (χ0v) is 19.5. The summed E-state index contributed by atoms with van der Waals surface area (Å²) in [6, 6.07) is 16.6. The molecule has 178 valence electrons. The lowest BCUT2D eigenvalue weighted by Gasteiger charge is -2.16. The summed E-state index contributed by atoms with van der Waals surface area (Å²) < 4.78 is 17.6. The van der Waals surface area contributed by atoms with Gasteiger partial charge in [0, 0.05) is 29.6 Å². The fourth-order valence-corrected chi connectivity index (χ4v) is 4.16. The number of rotatable bonds is 9. The van der Waals surface area contributed by atoms with E-state index in [4.69, 9.17) is 14.2 Å². The van der Waals surface area contributed by atoms with Crippen molar-refractivity contribution in [2.75, 3.05) is 13.7 Å². The molecular weight excluding hydrogens is 446 g/mol. The molecule has 1 saturated carbocycles. The third-order valence-corrected chi connectivity index (χ3v) is 6.50. The van der Waals surface area contributed by atoms with E-state index in [9.17, 15) is 14.7 Å². The van der Waals surface area contributed by atoms with Gasteiger partial charge in [0.1, 0.15) is 23.5 Å². The van der Waals surface area contributed by atoms with Crippen molar-refractivity contribution in [1.29, 1.82) is 0 Å². The minimum atomic E-state index is -0.840. The quantitative estimate of drug-likeness (QED) is 0.298. The van der Waals surface area contributed by atoms with Crippen molar-refractivity contribution in [2.45, 2.75) is 26.2 Å². The van der Waals surface area contributed by atoms with Gasteiger partial charge in [-0.05, 0) is 53.9 Å². The first-order valence-electron chi connectivity index (χ1n) is 11.5. The van der Waals surface area contributed by atoms with Gasteiger partial charge in [-0.1, -0.05) is 25.1 Å². The molecule has 1 aromatic heterocycles. The smallest absolute Gasteiger partial charge is 0.313 e. The molecule has 1 aliphatic carbocycles. The first-order valence-corrected chi connectivity index (χ1v) is 11.5. The van der Waals surface area contributed by atoms with Crippen molar-refractivity contribution in [2.24, 2.45) is 5.41 Å². The highest BCUT2D eigenvalue weighted by atomic mass is 16.5. The number of ketones is 1. The highest BCUT2D eigenvalue weighted by Gasteiger charge is 2.51. The predicted octanol–water partition coefficient (Wildman–Crippen LogP) is 6.03. The number of hydrogen-bond acceptors (Lipinski definition) is 6. The van der Waals surface area contributed by atoms with Crippen LogP contribution in [0, 0.1) is 5.41 Å².